The Morgan fingerprint density at radius 2 is 2.17 bits per heavy atom. The van der Waals surface area contributed by atoms with Crippen LogP contribution in [0, 0.1) is 0 Å². The Bertz CT molecular complexity index is 278. The van der Waals surface area contributed by atoms with Crippen molar-refractivity contribution in [2.24, 2.45) is 0 Å². The third-order valence-corrected chi connectivity index (χ3v) is 1.39. The van der Waals surface area contributed by atoms with Gasteiger partial charge >= 0.3 is 0 Å². The van der Waals surface area contributed by atoms with E-state index in [0.29, 0.717) is 0 Å². The number of nitrogen functional groups attached to an aromatic ring is 1. The second kappa shape index (κ2) is 3.34. The van der Waals surface area contributed by atoms with Gasteiger partial charge < -0.3 is 10.5 Å². The van der Waals surface area contributed by atoms with Crippen LogP contribution in [0.25, 0.3) is 0 Å². The summed E-state index contributed by atoms with van der Waals surface area (Å²) in [5.41, 5.74) is 5.19. The molecule has 0 aliphatic carbocycles. The molecule has 0 aliphatic rings. The van der Waals surface area contributed by atoms with E-state index in [2.05, 4.69) is 4.98 Å². The van der Waals surface area contributed by atoms with Gasteiger partial charge in [0, 0.05) is 6.20 Å². The summed E-state index contributed by atoms with van der Waals surface area (Å²) >= 11 is 0. The molecule has 12 heavy (non-hydrogen) atoms. The fourth-order valence-corrected chi connectivity index (χ4v) is 0.873. The van der Waals surface area contributed by atoms with E-state index in [-0.39, 0.29) is 17.0 Å². The average Bonchev–Trinajstić information content (AvgIpc) is 2.03. The van der Waals surface area contributed by atoms with Crippen molar-refractivity contribution in [1.82, 2.24) is 4.98 Å². The Labute approximate surface area is 68.2 Å². The molecule has 0 unspecified atom stereocenters. The van der Waals surface area contributed by atoms with Gasteiger partial charge in [0.1, 0.15) is 0 Å². The highest BCUT2D eigenvalue weighted by Gasteiger charge is 2.15. The highest BCUT2D eigenvalue weighted by atomic mass is 19.3. The molecule has 0 aliphatic heterocycles. The number of aromatic nitrogens is 1. The second-order valence-corrected chi connectivity index (χ2v) is 2.15. The first-order valence-corrected chi connectivity index (χ1v) is 3.22. The standard InChI is InChI=1S/C7H8F2N2O/c1-12-6-4(7(8)9)2-11-3-5(6)10/h2-3,7H,10H2,1H3. The van der Waals surface area contributed by atoms with Gasteiger partial charge in [0.15, 0.2) is 5.75 Å². The fraction of sp³-hybridized carbons (Fsp3) is 0.286. The van der Waals surface area contributed by atoms with Crippen molar-refractivity contribution < 1.29 is 13.5 Å². The van der Waals surface area contributed by atoms with Crippen LogP contribution >= 0.6 is 0 Å². The number of methoxy groups -OCH3 is 1. The molecule has 2 N–H and O–H groups in total. The lowest BCUT2D eigenvalue weighted by Crippen LogP contribution is -1.98. The minimum atomic E-state index is -2.61. The maximum atomic E-state index is 12.2. The van der Waals surface area contributed by atoms with E-state index in [1.165, 1.54) is 13.3 Å². The number of hydrogen-bond acceptors (Lipinski definition) is 3. The first kappa shape index (κ1) is 8.70. The molecule has 0 atom stereocenters. The molecule has 0 bridgehead atoms. The number of halogens is 2. The molecule has 1 rings (SSSR count). The van der Waals surface area contributed by atoms with Crippen molar-refractivity contribution in [3.8, 4) is 5.75 Å². The van der Waals surface area contributed by atoms with Crippen molar-refractivity contribution in [1.29, 1.82) is 0 Å². The van der Waals surface area contributed by atoms with E-state index in [0.717, 1.165) is 6.20 Å². The molecular weight excluding hydrogens is 166 g/mol. The van der Waals surface area contributed by atoms with Crippen LogP contribution in [-0.2, 0) is 0 Å². The number of alkyl halides is 2. The van der Waals surface area contributed by atoms with Crippen molar-refractivity contribution in [3.63, 3.8) is 0 Å². The normalized spacial score (nSPS) is 10.3. The van der Waals surface area contributed by atoms with E-state index in [1.807, 2.05) is 0 Å². The van der Waals surface area contributed by atoms with Crippen LogP contribution in [0.5, 0.6) is 5.75 Å². The Balaban J connectivity index is 3.18. The molecule has 1 heterocycles. The zero-order valence-electron chi connectivity index (χ0n) is 6.42. The lowest BCUT2D eigenvalue weighted by molar-refractivity contribution is 0.146. The van der Waals surface area contributed by atoms with E-state index < -0.39 is 6.43 Å². The quantitative estimate of drug-likeness (QED) is 0.740. The topological polar surface area (TPSA) is 48.1 Å². The maximum Gasteiger partial charge on any atom is 0.268 e. The molecule has 0 spiro atoms. The molecule has 0 saturated carbocycles. The first-order chi connectivity index (χ1) is 5.66. The van der Waals surface area contributed by atoms with Gasteiger partial charge in [0.25, 0.3) is 6.43 Å². The van der Waals surface area contributed by atoms with Crippen LogP contribution in [0.2, 0.25) is 0 Å². The van der Waals surface area contributed by atoms with Crippen molar-refractivity contribution in [2.45, 2.75) is 6.43 Å². The highest BCUT2D eigenvalue weighted by molar-refractivity contribution is 5.54. The molecule has 0 radical (unpaired) electrons. The molecule has 1 aromatic rings. The molecule has 66 valence electrons. The van der Waals surface area contributed by atoms with Crippen molar-refractivity contribution in [3.05, 3.63) is 18.0 Å². The van der Waals surface area contributed by atoms with Crippen molar-refractivity contribution >= 4 is 5.69 Å². The molecular formula is C7H8F2N2O. The molecule has 0 fully saturated rings. The van der Waals surface area contributed by atoms with Gasteiger partial charge in [-0.3, -0.25) is 4.98 Å². The molecule has 0 amide bonds. The number of rotatable bonds is 2. The molecule has 1 aromatic heterocycles. The predicted octanol–water partition coefficient (Wildman–Crippen LogP) is 1.61. The Kier molecular flexibility index (Phi) is 2.42. The summed E-state index contributed by atoms with van der Waals surface area (Å²) in [6, 6.07) is 0. The van der Waals surface area contributed by atoms with E-state index in [4.69, 9.17) is 10.5 Å². The second-order valence-electron chi connectivity index (χ2n) is 2.15. The molecule has 3 nitrogen and oxygen atoms in total. The number of pyridine rings is 1. The Morgan fingerprint density at radius 3 is 2.58 bits per heavy atom. The minimum absolute atomic E-state index is 0.000000000000000444. The number of hydrogen-bond donors (Lipinski definition) is 1. The summed E-state index contributed by atoms with van der Waals surface area (Å²) in [4.78, 5) is 3.53. The van der Waals surface area contributed by atoms with Crippen LogP contribution in [0.15, 0.2) is 12.4 Å². The summed E-state index contributed by atoms with van der Waals surface area (Å²) in [6.45, 7) is 0. The third kappa shape index (κ3) is 1.44. The monoisotopic (exact) mass is 174 g/mol. The van der Waals surface area contributed by atoms with Crippen LogP contribution < -0.4 is 10.5 Å². The lowest BCUT2D eigenvalue weighted by Gasteiger charge is -2.08. The SMILES string of the molecule is COc1c(N)cncc1C(F)F. The van der Waals surface area contributed by atoms with E-state index >= 15 is 0 Å². The number of anilines is 1. The van der Waals surface area contributed by atoms with Gasteiger partial charge in [-0.1, -0.05) is 0 Å². The summed E-state index contributed by atoms with van der Waals surface area (Å²) in [6.07, 6.45) is -0.305. The van der Waals surface area contributed by atoms with Crippen LogP contribution in [-0.4, -0.2) is 12.1 Å². The van der Waals surface area contributed by atoms with Gasteiger partial charge in [-0.2, -0.15) is 0 Å². The third-order valence-electron chi connectivity index (χ3n) is 1.39. The van der Waals surface area contributed by atoms with Crippen LogP contribution in [0.1, 0.15) is 12.0 Å². The summed E-state index contributed by atoms with van der Waals surface area (Å²) in [5, 5.41) is 0. The number of ether oxygens (including phenoxy) is 1. The summed E-state index contributed by atoms with van der Waals surface area (Å²) < 4.78 is 29.1. The largest absolute Gasteiger partial charge is 0.494 e. The Morgan fingerprint density at radius 1 is 1.50 bits per heavy atom. The van der Waals surface area contributed by atoms with Gasteiger partial charge in [-0.25, -0.2) is 8.78 Å². The van der Waals surface area contributed by atoms with E-state index in [9.17, 15) is 8.78 Å². The fourth-order valence-electron chi connectivity index (χ4n) is 0.873. The first-order valence-electron chi connectivity index (χ1n) is 3.22. The number of nitrogens with two attached hydrogens (primary N) is 1. The molecule has 0 aromatic carbocycles. The van der Waals surface area contributed by atoms with Gasteiger partial charge in [-0.15, -0.1) is 0 Å². The Hall–Kier alpha value is -1.39. The highest BCUT2D eigenvalue weighted by Crippen LogP contribution is 2.32. The van der Waals surface area contributed by atoms with Gasteiger partial charge in [-0.05, 0) is 0 Å². The lowest BCUT2D eigenvalue weighted by atomic mass is 10.2. The van der Waals surface area contributed by atoms with E-state index in [1.54, 1.807) is 0 Å². The van der Waals surface area contributed by atoms with Gasteiger partial charge in [0.05, 0.1) is 24.6 Å². The van der Waals surface area contributed by atoms with Crippen LogP contribution in [0.3, 0.4) is 0 Å². The molecule has 5 heteroatoms. The minimum Gasteiger partial charge on any atom is -0.494 e. The van der Waals surface area contributed by atoms with Crippen molar-refractivity contribution in [2.75, 3.05) is 12.8 Å². The average molecular weight is 174 g/mol. The van der Waals surface area contributed by atoms with Crippen LogP contribution in [0.4, 0.5) is 14.5 Å². The number of nitrogens with zero attached hydrogens (tertiary/aromatic N) is 1. The summed E-state index contributed by atoms with van der Waals surface area (Å²) in [7, 11) is 1.29. The maximum absolute atomic E-state index is 12.2. The predicted molar refractivity (Wildman–Crippen MR) is 40.2 cm³/mol. The zero-order valence-corrected chi connectivity index (χ0v) is 6.42. The smallest absolute Gasteiger partial charge is 0.268 e. The summed E-state index contributed by atoms with van der Waals surface area (Å²) in [5.74, 6) is 0.000000000000000444. The van der Waals surface area contributed by atoms with Gasteiger partial charge in [0.2, 0.25) is 0 Å². The molecule has 0 saturated heterocycles. The zero-order chi connectivity index (χ0) is 9.14.